The zero-order valence-electron chi connectivity index (χ0n) is 13.9. The summed E-state index contributed by atoms with van der Waals surface area (Å²) in [4.78, 5) is 27.5. The molecule has 11 heteroatoms. The summed E-state index contributed by atoms with van der Waals surface area (Å²) in [5, 5.41) is 42.1. The van der Waals surface area contributed by atoms with E-state index in [1.165, 1.54) is 30.7 Å². The molecule has 1 spiro atoms. The highest BCUT2D eigenvalue weighted by Gasteiger charge is 2.31. The summed E-state index contributed by atoms with van der Waals surface area (Å²) in [7, 11) is 0. The van der Waals surface area contributed by atoms with Crippen LogP contribution in [0.5, 0.6) is 5.75 Å². The highest BCUT2D eigenvalue weighted by atomic mass is 16.6. The van der Waals surface area contributed by atoms with E-state index in [4.69, 9.17) is 0 Å². The number of rotatable bonds is 3. The van der Waals surface area contributed by atoms with E-state index in [9.17, 15) is 35.4 Å². The van der Waals surface area contributed by atoms with Gasteiger partial charge in [-0.3, -0.25) is 30.3 Å². The SMILES string of the molecule is CC1=CC[N+]2(CC=CC2)C1.O=[N+]([O-])c1cc([N+](=O)[O-])c([O-])c([N+](=O)[O-])c1. The summed E-state index contributed by atoms with van der Waals surface area (Å²) in [5.74, 6) is -1.46. The third-order valence-corrected chi connectivity index (χ3v) is 4.20. The van der Waals surface area contributed by atoms with Crippen LogP contribution in [0, 0.1) is 30.3 Å². The third-order valence-electron chi connectivity index (χ3n) is 4.20. The van der Waals surface area contributed by atoms with Gasteiger partial charge in [-0.25, -0.2) is 0 Å². The quantitative estimate of drug-likeness (QED) is 0.343. The van der Waals surface area contributed by atoms with Crippen LogP contribution in [0.15, 0.2) is 35.9 Å². The van der Waals surface area contributed by atoms with Gasteiger partial charge in [-0.1, -0.05) is 0 Å². The van der Waals surface area contributed by atoms with Gasteiger partial charge in [0, 0.05) is 0 Å². The molecular formula is C15H16N4O7. The van der Waals surface area contributed by atoms with Gasteiger partial charge in [0.25, 0.3) is 17.1 Å². The summed E-state index contributed by atoms with van der Waals surface area (Å²) in [6, 6.07) is 0.769. The Balaban J connectivity index is 0.000000206. The highest BCUT2D eigenvalue weighted by Crippen LogP contribution is 2.36. The molecule has 1 aromatic carbocycles. The van der Waals surface area contributed by atoms with E-state index >= 15 is 0 Å². The Hall–Kier alpha value is -3.34. The average molecular weight is 364 g/mol. The van der Waals surface area contributed by atoms with Crippen LogP contribution in [-0.4, -0.2) is 45.4 Å². The molecule has 0 fully saturated rings. The van der Waals surface area contributed by atoms with E-state index in [0.29, 0.717) is 12.1 Å². The maximum Gasteiger partial charge on any atom is 0.283 e. The van der Waals surface area contributed by atoms with Crippen molar-refractivity contribution in [3.63, 3.8) is 0 Å². The minimum atomic E-state index is -1.46. The predicted molar refractivity (Wildman–Crippen MR) is 88.5 cm³/mol. The molecule has 2 heterocycles. The zero-order chi connectivity index (χ0) is 19.5. The maximum atomic E-state index is 11.1. The molecule has 0 bridgehead atoms. The van der Waals surface area contributed by atoms with Crippen LogP contribution < -0.4 is 5.11 Å². The molecule has 0 aliphatic carbocycles. The zero-order valence-corrected chi connectivity index (χ0v) is 13.9. The lowest BCUT2D eigenvalue weighted by Crippen LogP contribution is -2.43. The summed E-state index contributed by atoms with van der Waals surface area (Å²) in [6.45, 7) is 7.30. The number of hydrogen-bond donors (Lipinski definition) is 0. The smallest absolute Gasteiger partial charge is 0.283 e. The van der Waals surface area contributed by atoms with Crippen LogP contribution in [0.25, 0.3) is 0 Å². The number of hydrogen-bond acceptors (Lipinski definition) is 7. The van der Waals surface area contributed by atoms with Gasteiger partial charge in [-0.2, -0.15) is 0 Å². The van der Waals surface area contributed by atoms with Crippen LogP contribution in [0.4, 0.5) is 17.1 Å². The van der Waals surface area contributed by atoms with Gasteiger partial charge < -0.3 is 9.59 Å². The second kappa shape index (κ2) is 7.27. The predicted octanol–water partition coefficient (Wildman–Crippen LogP) is 1.82. The monoisotopic (exact) mass is 364 g/mol. The van der Waals surface area contributed by atoms with Crippen molar-refractivity contribution in [3.05, 3.63) is 66.3 Å². The van der Waals surface area contributed by atoms with Gasteiger partial charge in [0.2, 0.25) is 0 Å². The molecule has 11 nitrogen and oxygen atoms in total. The van der Waals surface area contributed by atoms with Crippen LogP contribution in [-0.2, 0) is 0 Å². The van der Waals surface area contributed by atoms with E-state index in [-0.39, 0.29) is 0 Å². The van der Waals surface area contributed by atoms with Crippen LogP contribution in [0.2, 0.25) is 0 Å². The first-order chi connectivity index (χ1) is 12.1. The molecule has 0 saturated carbocycles. The van der Waals surface area contributed by atoms with Gasteiger partial charge in [0.15, 0.2) is 0 Å². The molecule has 26 heavy (non-hydrogen) atoms. The maximum absolute atomic E-state index is 11.1. The van der Waals surface area contributed by atoms with E-state index in [2.05, 4.69) is 25.2 Å². The molecule has 0 amide bonds. The lowest BCUT2D eigenvalue weighted by molar-refractivity contribution is -0.897. The summed E-state index contributed by atoms with van der Waals surface area (Å²) >= 11 is 0. The number of nitro groups is 3. The van der Waals surface area contributed by atoms with Gasteiger partial charge in [-0.05, 0) is 30.7 Å². The van der Waals surface area contributed by atoms with Gasteiger partial charge in [-0.15, -0.1) is 0 Å². The summed E-state index contributed by atoms with van der Waals surface area (Å²) in [6.07, 6.45) is 7.01. The second-order valence-corrected chi connectivity index (χ2v) is 6.15. The molecule has 0 radical (unpaired) electrons. The van der Waals surface area contributed by atoms with Crippen molar-refractivity contribution in [1.82, 2.24) is 0 Å². The molecule has 138 valence electrons. The Bertz CT molecular complexity index is 788. The molecule has 0 unspecified atom stereocenters. The van der Waals surface area contributed by atoms with Gasteiger partial charge >= 0.3 is 0 Å². The fourth-order valence-corrected chi connectivity index (χ4v) is 2.92. The summed E-state index contributed by atoms with van der Waals surface area (Å²) in [5.41, 5.74) is -1.69. The van der Waals surface area contributed by atoms with Gasteiger partial charge in [0.1, 0.15) is 6.54 Å². The fourth-order valence-electron chi connectivity index (χ4n) is 2.92. The van der Waals surface area contributed by atoms with E-state index in [0.717, 1.165) is 0 Å². The molecule has 1 aromatic rings. The van der Waals surface area contributed by atoms with Crippen molar-refractivity contribution in [2.24, 2.45) is 0 Å². The molecular weight excluding hydrogens is 348 g/mol. The molecule has 0 atom stereocenters. The van der Waals surface area contributed by atoms with Crippen LogP contribution in [0.1, 0.15) is 6.92 Å². The second-order valence-electron chi connectivity index (χ2n) is 6.15. The Morgan fingerprint density at radius 3 is 1.73 bits per heavy atom. The fraction of sp³-hybridized carbons (Fsp3) is 0.333. The topological polar surface area (TPSA) is 152 Å². The van der Waals surface area contributed by atoms with Crippen molar-refractivity contribution in [2.45, 2.75) is 6.92 Å². The molecule has 2 aliphatic heterocycles. The van der Waals surface area contributed by atoms with Crippen molar-refractivity contribution < 1.29 is 24.4 Å². The lowest BCUT2D eigenvalue weighted by atomic mass is 10.2. The van der Waals surface area contributed by atoms with Crippen LogP contribution >= 0.6 is 0 Å². The molecule has 3 rings (SSSR count). The number of nitro benzene ring substituents is 3. The van der Waals surface area contributed by atoms with Crippen molar-refractivity contribution in [2.75, 3.05) is 26.2 Å². The number of benzene rings is 1. The molecule has 0 saturated heterocycles. The Labute approximate surface area is 147 Å². The van der Waals surface area contributed by atoms with Crippen molar-refractivity contribution in [1.29, 1.82) is 0 Å². The minimum absolute atomic E-state index is 0.384. The number of quaternary nitrogens is 1. The third kappa shape index (κ3) is 4.00. The lowest BCUT2D eigenvalue weighted by Gasteiger charge is -2.28. The first-order valence-corrected chi connectivity index (χ1v) is 7.59. The largest absolute Gasteiger partial charge is 0.863 e. The minimum Gasteiger partial charge on any atom is -0.863 e. The normalized spacial score (nSPS) is 16.7. The number of nitrogens with zero attached hydrogens (tertiary/aromatic N) is 4. The summed E-state index contributed by atoms with van der Waals surface area (Å²) < 4.78 is 1.28. The number of non-ortho nitro benzene ring substituents is 1. The van der Waals surface area contributed by atoms with Gasteiger partial charge in [0.05, 0.1) is 52.3 Å². The van der Waals surface area contributed by atoms with Crippen LogP contribution in [0.3, 0.4) is 0 Å². The molecule has 0 N–H and O–H groups in total. The van der Waals surface area contributed by atoms with Crippen molar-refractivity contribution >= 4 is 17.1 Å². The van der Waals surface area contributed by atoms with E-state index < -0.39 is 37.6 Å². The van der Waals surface area contributed by atoms with E-state index in [1.54, 1.807) is 5.57 Å². The first-order valence-electron chi connectivity index (χ1n) is 7.59. The standard InChI is InChI=1S/C9H14N.C6H3N3O7/c1-9-4-7-10(8-9)5-2-3-6-10;10-6-4(8(13)14)1-3(7(11)12)2-5(6)9(15)16/h2-4H,5-8H2,1H3;1-2,10H/q+1;/p-1. The molecule has 2 aliphatic rings. The Morgan fingerprint density at radius 1 is 0.885 bits per heavy atom. The highest BCUT2D eigenvalue weighted by molar-refractivity contribution is 5.63. The molecule has 0 aromatic heterocycles. The van der Waals surface area contributed by atoms with E-state index in [1.807, 2.05) is 0 Å². The first kappa shape index (κ1) is 19.0. The Morgan fingerprint density at radius 2 is 1.38 bits per heavy atom. The van der Waals surface area contributed by atoms with Crippen molar-refractivity contribution in [3.8, 4) is 5.75 Å². The Kier molecular flexibility index (Phi) is 5.31. The average Bonchev–Trinajstić information content (AvgIpc) is 3.16.